The maximum absolute atomic E-state index is 11.9. The monoisotopic (exact) mass is 370 g/mol. The zero-order chi connectivity index (χ0) is 19.9. The lowest BCUT2D eigenvalue weighted by Gasteiger charge is -2.22. The van der Waals surface area contributed by atoms with Gasteiger partial charge in [-0.25, -0.2) is 4.79 Å². The summed E-state index contributed by atoms with van der Waals surface area (Å²) in [5.74, 6) is -0.687. The summed E-state index contributed by atoms with van der Waals surface area (Å²) in [6.07, 6.45) is -0.723. The van der Waals surface area contributed by atoms with Gasteiger partial charge in [0.1, 0.15) is 18.0 Å². The zero-order valence-electron chi connectivity index (χ0n) is 15.7. The molecule has 0 spiro atoms. The molecule has 1 amide bonds. The minimum Gasteiger partial charge on any atom is -0.548 e. The minimum absolute atomic E-state index is 0.0608. The molecule has 0 saturated carbocycles. The molecule has 0 unspecified atom stereocenters. The highest BCUT2D eigenvalue weighted by atomic mass is 16.5. The van der Waals surface area contributed by atoms with Crippen molar-refractivity contribution in [1.82, 2.24) is 5.32 Å². The standard InChI is InChI=1S/C21H25NO5/c1-21(2,3)27-17-11-9-15(10-12-17)13-18(19(23)24)22-20(25)26-14-16-7-5-4-6-8-16/h4-12,18H,13-14H2,1-3H3,(H,22,25)(H,23,24)/p-1/t18-/m1/s1. The van der Waals surface area contributed by atoms with Crippen molar-refractivity contribution in [3.05, 3.63) is 65.7 Å². The number of nitrogens with one attached hydrogen (secondary N) is 1. The summed E-state index contributed by atoms with van der Waals surface area (Å²) in [5, 5.41) is 13.7. The van der Waals surface area contributed by atoms with Crippen molar-refractivity contribution in [1.29, 1.82) is 0 Å². The van der Waals surface area contributed by atoms with Crippen LogP contribution in [0.25, 0.3) is 0 Å². The van der Waals surface area contributed by atoms with Gasteiger partial charge in [0.15, 0.2) is 0 Å². The highest BCUT2D eigenvalue weighted by molar-refractivity contribution is 5.78. The number of hydrogen-bond acceptors (Lipinski definition) is 5. The van der Waals surface area contributed by atoms with Crippen molar-refractivity contribution in [2.24, 2.45) is 0 Å². The molecule has 0 aliphatic carbocycles. The van der Waals surface area contributed by atoms with E-state index in [9.17, 15) is 14.7 Å². The lowest BCUT2D eigenvalue weighted by molar-refractivity contribution is -0.308. The lowest BCUT2D eigenvalue weighted by atomic mass is 10.1. The van der Waals surface area contributed by atoms with Crippen molar-refractivity contribution in [3.8, 4) is 5.75 Å². The number of aliphatic carboxylic acids is 1. The molecule has 2 aromatic rings. The van der Waals surface area contributed by atoms with Gasteiger partial charge in [-0.3, -0.25) is 0 Å². The van der Waals surface area contributed by atoms with E-state index in [1.807, 2.05) is 51.1 Å². The minimum atomic E-state index is -1.37. The Balaban J connectivity index is 1.91. The van der Waals surface area contributed by atoms with Crippen molar-refractivity contribution in [3.63, 3.8) is 0 Å². The quantitative estimate of drug-likeness (QED) is 0.809. The van der Waals surface area contributed by atoms with E-state index < -0.39 is 18.1 Å². The van der Waals surface area contributed by atoms with Crippen LogP contribution in [0.3, 0.4) is 0 Å². The fourth-order valence-corrected chi connectivity index (χ4v) is 2.38. The molecular weight excluding hydrogens is 346 g/mol. The Bertz CT molecular complexity index is 750. The first kappa shape index (κ1) is 20.3. The molecule has 0 aromatic heterocycles. The van der Waals surface area contributed by atoms with Crippen LogP contribution in [0, 0.1) is 0 Å². The van der Waals surface area contributed by atoms with Crippen LogP contribution in [0.15, 0.2) is 54.6 Å². The van der Waals surface area contributed by atoms with Crippen molar-refractivity contribution >= 4 is 12.1 Å². The molecule has 0 fully saturated rings. The van der Waals surface area contributed by atoms with E-state index in [2.05, 4.69) is 5.32 Å². The van der Waals surface area contributed by atoms with Gasteiger partial charge in [0, 0.05) is 0 Å². The van der Waals surface area contributed by atoms with E-state index in [1.165, 1.54) is 0 Å². The van der Waals surface area contributed by atoms with Gasteiger partial charge >= 0.3 is 6.09 Å². The Hall–Kier alpha value is -3.02. The molecule has 2 rings (SSSR count). The molecule has 0 aliphatic rings. The van der Waals surface area contributed by atoms with E-state index in [1.54, 1.807) is 24.3 Å². The van der Waals surface area contributed by atoms with Crippen molar-refractivity contribution < 1.29 is 24.2 Å². The largest absolute Gasteiger partial charge is 0.548 e. The van der Waals surface area contributed by atoms with Crippen LogP contribution < -0.4 is 15.2 Å². The van der Waals surface area contributed by atoms with Crippen LogP contribution >= 0.6 is 0 Å². The molecule has 0 aliphatic heterocycles. The average Bonchev–Trinajstić information content (AvgIpc) is 2.60. The smallest absolute Gasteiger partial charge is 0.408 e. The Morgan fingerprint density at radius 2 is 1.63 bits per heavy atom. The molecule has 0 heterocycles. The average molecular weight is 370 g/mol. The number of alkyl carbamates (subject to hydrolysis) is 1. The van der Waals surface area contributed by atoms with Crippen LogP contribution in [-0.2, 0) is 22.6 Å². The number of hydrogen-bond donors (Lipinski definition) is 1. The summed E-state index contributed by atoms with van der Waals surface area (Å²) < 4.78 is 10.8. The van der Waals surface area contributed by atoms with E-state index in [4.69, 9.17) is 9.47 Å². The number of ether oxygens (including phenoxy) is 2. The normalized spacial score (nSPS) is 12.1. The molecule has 2 aromatic carbocycles. The molecule has 1 N–H and O–H groups in total. The second-order valence-electron chi connectivity index (χ2n) is 7.14. The molecule has 144 valence electrons. The SMILES string of the molecule is CC(C)(C)Oc1ccc(C[C@@H](NC(=O)OCc2ccccc2)C(=O)[O-])cc1. The first-order valence-corrected chi connectivity index (χ1v) is 8.69. The molecule has 0 saturated heterocycles. The number of carboxylic acids is 1. The third kappa shape index (κ3) is 7.40. The number of amides is 1. The molecule has 1 atom stereocenters. The van der Waals surface area contributed by atoms with Crippen molar-refractivity contribution in [2.45, 2.75) is 45.4 Å². The lowest BCUT2D eigenvalue weighted by Crippen LogP contribution is -2.49. The molecule has 6 heteroatoms. The van der Waals surface area contributed by atoms with Crippen LogP contribution in [0.1, 0.15) is 31.9 Å². The van der Waals surface area contributed by atoms with E-state index in [-0.39, 0.29) is 18.6 Å². The van der Waals surface area contributed by atoms with Crippen LogP contribution in [-0.4, -0.2) is 23.7 Å². The van der Waals surface area contributed by atoms with Gasteiger partial charge in [0.25, 0.3) is 0 Å². The van der Waals surface area contributed by atoms with Gasteiger partial charge in [-0.2, -0.15) is 0 Å². The number of benzene rings is 2. The van der Waals surface area contributed by atoms with Gasteiger partial charge < -0.3 is 24.7 Å². The number of carboxylic acid groups (broad SMARTS) is 1. The second kappa shape index (κ2) is 9.07. The summed E-state index contributed by atoms with van der Waals surface area (Å²) in [4.78, 5) is 23.2. The number of carbonyl (C=O) groups is 2. The van der Waals surface area contributed by atoms with Crippen LogP contribution in [0.2, 0.25) is 0 Å². The first-order valence-electron chi connectivity index (χ1n) is 8.69. The summed E-state index contributed by atoms with van der Waals surface area (Å²) >= 11 is 0. The van der Waals surface area contributed by atoms with Gasteiger partial charge in [0.05, 0.1) is 12.0 Å². The second-order valence-corrected chi connectivity index (χ2v) is 7.14. The summed E-state index contributed by atoms with van der Waals surface area (Å²) in [6.45, 7) is 5.89. The van der Waals surface area contributed by atoms with Gasteiger partial charge in [-0.15, -0.1) is 0 Å². The summed E-state index contributed by atoms with van der Waals surface area (Å²) in [5.41, 5.74) is 1.22. The van der Waals surface area contributed by atoms with E-state index in [0.717, 1.165) is 11.1 Å². The molecule has 6 nitrogen and oxygen atoms in total. The fourth-order valence-electron chi connectivity index (χ4n) is 2.38. The third-order valence-electron chi connectivity index (χ3n) is 3.58. The highest BCUT2D eigenvalue weighted by Crippen LogP contribution is 2.19. The molecular formula is C21H24NO5-. The Morgan fingerprint density at radius 3 is 2.19 bits per heavy atom. The Kier molecular flexibility index (Phi) is 6.82. The predicted octanol–water partition coefficient (Wildman–Crippen LogP) is 2.45. The topological polar surface area (TPSA) is 87.7 Å². The van der Waals surface area contributed by atoms with Gasteiger partial charge in [0.2, 0.25) is 0 Å². The first-order chi connectivity index (χ1) is 12.7. The van der Waals surface area contributed by atoms with E-state index >= 15 is 0 Å². The molecule has 27 heavy (non-hydrogen) atoms. The van der Waals surface area contributed by atoms with Crippen LogP contribution in [0.4, 0.5) is 4.79 Å². The summed E-state index contributed by atoms with van der Waals surface area (Å²) in [6, 6.07) is 15.0. The van der Waals surface area contributed by atoms with Crippen molar-refractivity contribution in [2.75, 3.05) is 0 Å². The van der Waals surface area contributed by atoms with Gasteiger partial charge in [-0.05, 0) is 50.5 Å². The maximum Gasteiger partial charge on any atom is 0.408 e. The Morgan fingerprint density at radius 1 is 1.00 bits per heavy atom. The summed E-state index contributed by atoms with van der Waals surface area (Å²) in [7, 11) is 0. The highest BCUT2D eigenvalue weighted by Gasteiger charge is 2.16. The van der Waals surface area contributed by atoms with E-state index in [0.29, 0.717) is 5.75 Å². The molecule has 0 radical (unpaired) electrons. The third-order valence-corrected chi connectivity index (χ3v) is 3.58. The molecule has 0 bridgehead atoms. The predicted molar refractivity (Wildman–Crippen MR) is 99.1 cm³/mol. The number of carbonyl (C=O) groups excluding carboxylic acids is 2. The number of rotatable bonds is 7. The van der Waals surface area contributed by atoms with Crippen LogP contribution in [0.5, 0.6) is 5.75 Å². The zero-order valence-corrected chi connectivity index (χ0v) is 15.7. The maximum atomic E-state index is 11.9. The van der Waals surface area contributed by atoms with Gasteiger partial charge in [-0.1, -0.05) is 42.5 Å². The fraction of sp³-hybridized carbons (Fsp3) is 0.333. The Labute approximate surface area is 159 Å².